The van der Waals surface area contributed by atoms with E-state index < -0.39 is 0 Å². The smallest absolute Gasteiger partial charge is 0.0356 e. The van der Waals surface area contributed by atoms with Gasteiger partial charge in [-0.1, -0.05) is 0 Å². The minimum atomic E-state index is 0.948. The van der Waals surface area contributed by atoms with E-state index in [4.69, 9.17) is 0 Å². The molecule has 0 amide bonds. The van der Waals surface area contributed by atoms with Crippen molar-refractivity contribution >= 4 is 0 Å². The molecule has 1 aromatic heterocycles. The minimum absolute atomic E-state index is 0.948. The molecule has 9 heavy (non-hydrogen) atoms. The lowest BCUT2D eigenvalue weighted by Crippen LogP contribution is -2.08. The highest BCUT2D eigenvalue weighted by Gasteiger charge is 1.91. The van der Waals surface area contributed by atoms with Gasteiger partial charge in [0.25, 0.3) is 0 Å². The van der Waals surface area contributed by atoms with Crippen LogP contribution in [0, 0.1) is 0 Å². The van der Waals surface area contributed by atoms with Gasteiger partial charge in [-0.15, -0.1) is 0 Å². The van der Waals surface area contributed by atoms with Crippen molar-refractivity contribution in [1.29, 1.82) is 0 Å². The van der Waals surface area contributed by atoms with E-state index in [-0.39, 0.29) is 0 Å². The summed E-state index contributed by atoms with van der Waals surface area (Å²) >= 11 is 0. The summed E-state index contributed by atoms with van der Waals surface area (Å²) < 4.78 is 2.11. The standard InChI is InChI=1S/C7H12N2/c1-8-6-7-4-3-5-9(7)2/h3-5,8H,6H2,1-2H3. The molecule has 0 spiro atoms. The molecular formula is C7H12N2. The van der Waals surface area contributed by atoms with Gasteiger partial charge < -0.3 is 9.88 Å². The zero-order valence-electron chi connectivity index (χ0n) is 5.89. The lowest BCUT2D eigenvalue weighted by atomic mass is 10.4. The van der Waals surface area contributed by atoms with Crippen molar-refractivity contribution < 1.29 is 0 Å². The second kappa shape index (κ2) is 2.69. The predicted octanol–water partition coefficient (Wildman–Crippen LogP) is 0.745. The van der Waals surface area contributed by atoms with E-state index >= 15 is 0 Å². The molecule has 0 fully saturated rings. The summed E-state index contributed by atoms with van der Waals surface area (Å²) in [6.07, 6.45) is 2.05. The Balaban J connectivity index is 2.69. The highest BCUT2D eigenvalue weighted by molar-refractivity contribution is 5.05. The first-order valence-corrected chi connectivity index (χ1v) is 3.09. The zero-order valence-corrected chi connectivity index (χ0v) is 5.89. The molecular weight excluding hydrogens is 112 g/mol. The van der Waals surface area contributed by atoms with Crippen LogP contribution in [0.15, 0.2) is 18.3 Å². The molecule has 0 bridgehead atoms. The van der Waals surface area contributed by atoms with E-state index in [1.54, 1.807) is 0 Å². The van der Waals surface area contributed by atoms with Gasteiger partial charge >= 0.3 is 0 Å². The van der Waals surface area contributed by atoms with E-state index in [1.165, 1.54) is 5.69 Å². The van der Waals surface area contributed by atoms with Crippen molar-refractivity contribution in [2.45, 2.75) is 6.54 Å². The summed E-state index contributed by atoms with van der Waals surface area (Å²) in [6.45, 7) is 0.948. The van der Waals surface area contributed by atoms with E-state index in [1.807, 2.05) is 26.4 Å². The van der Waals surface area contributed by atoms with Gasteiger partial charge in [0, 0.05) is 25.5 Å². The van der Waals surface area contributed by atoms with Gasteiger partial charge in [-0.3, -0.25) is 0 Å². The summed E-state index contributed by atoms with van der Waals surface area (Å²) in [6, 6.07) is 4.16. The average molecular weight is 124 g/mol. The van der Waals surface area contributed by atoms with Crippen molar-refractivity contribution in [1.82, 2.24) is 9.88 Å². The van der Waals surface area contributed by atoms with Gasteiger partial charge in [0.15, 0.2) is 0 Å². The molecule has 2 heteroatoms. The molecule has 0 aliphatic carbocycles. The fraction of sp³-hybridized carbons (Fsp3) is 0.429. The molecule has 0 unspecified atom stereocenters. The summed E-state index contributed by atoms with van der Waals surface area (Å²) in [7, 11) is 4.00. The van der Waals surface area contributed by atoms with Crippen LogP contribution in [0.3, 0.4) is 0 Å². The van der Waals surface area contributed by atoms with Crippen LogP contribution >= 0.6 is 0 Å². The van der Waals surface area contributed by atoms with E-state index in [0.29, 0.717) is 0 Å². The molecule has 1 aromatic rings. The Bertz CT molecular complexity index is 179. The normalized spacial score (nSPS) is 10.0. The van der Waals surface area contributed by atoms with Crippen LogP contribution in [0.1, 0.15) is 5.69 Å². The molecule has 0 saturated carbocycles. The highest BCUT2D eigenvalue weighted by Crippen LogP contribution is 1.96. The van der Waals surface area contributed by atoms with Crippen molar-refractivity contribution in [3.8, 4) is 0 Å². The Hall–Kier alpha value is -0.760. The number of aryl methyl sites for hydroxylation is 1. The van der Waals surface area contributed by atoms with E-state index in [0.717, 1.165) is 6.54 Å². The molecule has 0 atom stereocenters. The second-order valence-electron chi connectivity index (χ2n) is 2.14. The molecule has 2 nitrogen and oxygen atoms in total. The van der Waals surface area contributed by atoms with Crippen molar-refractivity contribution in [2.75, 3.05) is 7.05 Å². The highest BCUT2D eigenvalue weighted by atomic mass is 15.0. The van der Waals surface area contributed by atoms with Crippen LogP contribution in [-0.2, 0) is 13.6 Å². The number of rotatable bonds is 2. The molecule has 1 heterocycles. The largest absolute Gasteiger partial charge is 0.353 e. The third kappa shape index (κ3) is 1.33. The average Bonchev–Trinajstić information content (AvgIpc) is 2.18. The van der Waals surface area contributed by atoms with Gasteiger partial charge in [0.2, 0.25) is 0 Å². The van der Waals surface area contributed by atoms with Gasteiger partial charge in [-0.05, 0) is 19.2 Å². The van der Waals surface area contributed by atoms with Crippen LogP contribution in [0.5, 0.6) is 0 Å². The summed E-state index contributed by atoms with van der Waals surface area (Å²) in [5, 5.41) is 3.09. The Morgan fingerprint density at radius 3 is 2.89 bits per heavy atom. The van der Waals surface area contributed by atoms with Gasteiger partial charge in [0.1, 0.15) is 0 Å². The molecule has 0 aromatic carbocycles. The Labute approximate surface area is 55.5 Å². The topological polar surface area (TPSA) is 17.0 Å². The number of hydrogen-bond donors (Lipinski definition) is 1. The maximum Gasteiger partial charge on any atom is 0.0356 e. The zero-order chi connectivity index (χ0) is 6.69. The van der Waals surface area contributed by atoms with E-state index in [9.17, 15) is 0 Å². The maximum absolute atomic E-state index is 3.09. The van der Waals surface area contributed by atoms with Crippen LogP contribution in [0.2, 0.25) is 0 Å². The molecule has 0 aliphatic heterocycles. The van der Waals surface area contributed by atoms with Gasteiger partial charge in [-0.2, -0.15) is 0 Å². The van der Waals surface area contributed by atoms with Crippen molar-refractivity contribution in [3.63, 3.8) is 0 Å². The number of nitrogens with zero attached hydrogens (tertiary/aromatic N) is 1. The molecule has 0 aliphatic rings. The first-order valence-electron chi connectivity index (χ1n) is 3.09. The maximum atomic E-state index is 3.09. The SMILES string of the molecule is CNCc1cccn1C. The summed E-state index contributed by atoms with van der Waals surface area (Å²) in [5.74, 6) is 0. The van der Waals surface area contributed by atoms with Crippen LogP contribution in [-0.4, -0.2) is 11.6 Å². The third-order valence-corrected chi connectivity index (χ3v) is 1.41. The first kappa shape index (κ1) is 6.36. The van der Waals surface area contributed by atoms with Gasteiger partial charge in [-0.25, -0.2) is 0 Å². The van der Waals surface area contributed by atoms with Crippen LogP contribution in [0.25, 0.3) is 0 Å². The second-order valence-corrected chi connectivity index (χ2v) is 2.14. The Kier molecular flexibility index (Phi) is 1.90. The predicted molar refractivity (Wildman–Crippen MR) is 38.2 cm³/mol. The lowest BCUT2D eigenvalue weighted by Gasteiger charge is -1.99. The molecule has 0 radical (unpaired) electrons. The molecule has 1 N–H and O–H groups in total. The molecule has 1 rings (SSSR count). The number of aromatic nitrogens is 1. The van der Waals surface area contributed by atoms with Crippen molar-refractivity contribution in [2.24, 2.45) is 7.05 Å². The molecule has 0 saturated heterocycles. The van der Waals surface area contributed by atoms with Gasteiger partial charge in [0.05, 0.1) is 0 Å². The fourth-order valence-electron chi connectivity index (χ4n) is 0.861. The summed E-state index contributed by atoms with van der Waals surface area (Å²) in [4.78, 5) is 0. The number of hydrogen-bond acceptors (Lipinski definition) is 1. The first-order chi connectivity index (χ1) is 4.34. The summed E-state index contributed by atoms with van der Waals surface area (Å²) in [5.41, 5.74) is 1.32. The lowest BCUT2D eigenvalue weighted by molar-refractivity contribution is 0.734. The minimum Gasteiger partial charge on any atom is -0.353 e. The monoisotopic (exact) mass is 124 g/mol. The van der Waals surface area contributed by atoms with E-state index in [2.05, 4.69) is 16.0 Å². The van der Waals surface area contributed by atoms with Crippen LogP contribution in [0.4, 0.5) is 0 Å². The third-order valence-electron chi connectivity index (χ3n) is 1.41. The Morgan fingerprint density at radius 1 is 1.67 bits per heavy atom. The quantitative estimate of drug-likeness (QED) is 0.615. The Morgan fingerprint density at radius 2 is 2.44 bits per heavy atom. The molecule has 50 valence electrons. The fourth-order valence-corrected chi connectivity index (χ4v) is 0.861. The van der Waals surface area contributed by atoms with Crippen LogP contribution < -0.4 is 5.32 Å². The number of nitrogens with one attached hydrogen (secondary N) is 1. The van der Waals surface area contributed by atoms with Crippen molar-refractivity contribution in [3.05, 3.63) is 24.0 Å².